The van der Waals surface area contributed by atoms with Crippen LogP contribution in [0.2, 0.25) is 0 Å². The minimum Gasteiger partial charge on any atom is -0.0993 e. The van der Waals surface area contributed by atoms with E-state index in [1.54, 1.807) is 0 Å². The molecule has 90 valence electrons. The van der Waals surface area contributed by atoms with Crippen molar-refractivity contribution in [1.29, 1.82) is 0 Å². The molecule has 0 aliphatic rings. The molecule has 0 nitrogen and oxygen atoms in total. The van der Waals surface area contributed by atoms with Crippen LogP contribution in [0.5, 0.6) is 0 Å². The van der Waals surface area contributed by atoms with Gasteiger partial charge in [-0.1, -0.05) is 60.1 Å². The quantitative estimate of drug-likeness (QED) is 0.502. The number of hydrogen-bond acceptors (Lipinski definition) is 0. The first kappa shape index (κ1) is 14.7. The van der Waals surface area contributed by atoms with Gasteiger partial charge < -0.3 is 0 Å². The molecule has 0 aliphatic heterocycles. The molecule has 0 aromatic carbocycles. The van der Waals surface area contributed by atoms with Crippen LogP contribution in [0.15, 0.2) is 12.2 Å². The molecule has 0 atom stereocenters. The Bertz CT molecular complexity index is 191. The fourth-order valence-electron chi connectivity index (χ4n) is 1.97. The lowest BCUT2D eigenvalue weighted by atomic mass is 9.78. The van der Waals surface area contributed by atoms with E-state index in [4.69, 9.17) is 0 Å². The second kappa shape index (κ2) is 5.72. The zero-order valence-electron chi connectivity index (χ0n) is 11.7. The van der Waals surface area contributed by atoms with Crippen molar-refractivity contribution < 1.29 is 0 Å². The van der Waals surface area contributed by atoms with Gasteiger partial charge in [0.15, 0.2) is 0 Å². The van der Waals surface area contributed by atoms with Crippen LogP contribution < -0.4 is 0 Å². The van der Waals surface area contributed by atoms with Gasteiger partial charge >= 0.3 is 0 Å². The highest BCUT2D eigenvalue weighted by atomic mass is 14.3. The van der Waals surface area contributed by atoms with Gasteiger partial charge in [-0.15, -0.1) is 0 Å². The molecular weight excluding hydrogens is 180 g/mol. The maximum atomic E-state index is 4.26. The Morgan fingerprint density at radius 3 is 1.93 bits per heavy atom. The van der Waals surface area contributed by atoms with Crippen molar-refractivity contribution in [2.45, 2.75) is 73.6 Å². The number of allylic oxidation sites excluding steroid dienone is 1. The SMILES string of the molecule is C=C(CCCC(C)(C)C)C(C)(C)CCC. The van der Waals surface area contributed by atoms with Crippen LogP contribution in [-0.2, 0) is 0 Å². The third kappa shape index (κ3) is 6.76. The molecular formula is C15H30. The Labute approximate surface area is 97.2 Å². The van der Waals surface area contributed by atoms with Crippen LogP contribution in [0.25, 0.3) is 0 Å². The first-order valence-corrected chi connectivity index (χ1v) is 6.37. The normalized spacial score (nSPS) is 12.9. The lowest BCUT2D eigenvalue weighted by Crippen LogP contribution is -2.14. The Hall–Kier alpha value is -0.260. The predicted octanol–water partition coefficient (Wildman–Crippen LogP) is 5.59. The summed E-state index contributed by atoms with van der Waals surface area (Å²) in [4.78, 5) is 0. The molecule has 0 amide bonds. The van der Waals surface area contributed by atoms with Gasteiger partial charge in [0.05, 0.1) is 0 Å². The molecule has 0 rings (SSSR count). The monoisotopic (exact) mass is 210 g/mol. The van der Waals surface area contributed by atoms with E-state index in [0.29, 0.717) is 10.8 Å². The molecule has 0 radical (unpaired) electrons. The lowest BCUT2D eigenvalue weighted by molar-refractivity contribution is 0.345. The maximum absolute atomic E-state index is 4.26. The summed E-state index contributed by atoms with van der Waals surface area (Å²) in [7, 11) is 0. The van der Waals surface area contributed by atoms with Gasteiger partial charge in [0.2, 0.25) is 0 Å². The van der Waals surface area contributed by atoms with E-state index < -0.39 is 0 Å². The topological polar surface area (TPSA) is 0 Å². The summed E-state index contributed by atoms with van der Waals surface area (Å²) in [6, 6.07) is 0. The molecule has 0 fully saturated rings. The Morgan fingerprint density at radius 1 is 1.00 bits per heavy atom. The van der Waals surface area contributed by atoms with Gasteiger partial charge in [-0.05, 0) is 36.5 Å². The third-order valence-corrected chi connectivity index (χ3v) is 3.24. The smallest absolute Gasteiger partial charge is 0.0147 e. The van der Waals surface area contributed by atoms with Crippen molar-refractivity contribution in [3.05, 3.63) is 12.2 Å². The molecule has 0 aromatic heterocycles. The highest BCUT2D eigenvalue weighted by Crippen LogP contribution is 2.34. The van der Waals surface area contributed by atoms with Crippen molar-refractivity contribution >= 4 is 0 Å². The van der Waals surface area contributed by atoms with Crippen molar-refractivity contribution in [3.63, 3.8) is 0 Å². The zero-order chi connectivity index (χ0) is 12.1. The molecule has 0 bridgehead atoms. The average Bonchev–Trinajstić information content (AvgIpc) is 2.01. The van der Waals surface area contributed by atoms with Crippen molar-refractivity contribution in [3.8, 4) is 0 Å². The van der Waals surface area contributed by atoms with E-state index in [1.165, 1.54) is 37.7 Å². The van der Waals surface area contributed by atoms with Gasteiger partial charge in [0.1, 0.15) is 0 Å². The Balaban J connectivity index is 3.94. The van der Waals surface area contributed by atoms with Gasteiger partial charge in [0.25, 0.3) is 0 Å². The van der Waals surface area contributed by atoms with Crippen LogP contribution in [-0.4, -0.2) is 0 Å². The van der Waals surface area contributed by atoms with E-state index >= 15 is 0 Å². The summed E-state index contributed by atoms with van der Waals surface area (Å²) < 4.78 is 0. The molecule has 15 heavy (non-hydrogen) atoms. The second-order valence-corrected chi connectivity index (χ2v) is 6.65. The molecule has 0 saturated heterocycles. The van der Waals surface area contributed by atoms with Gasteiger partial charge in [-0.25, -0.2) is 0 Å². The summed E-state index contributed by atoms with van der Waals surface area (Å²) in [6.07, 6.45) is 6.31. The van der Waals surface area contributed by atoms with E-state index in [2.05, 4.69) is 48.1 Å². The van der Waals surface area contributed by atoms with Crippen LogP contribution in [0.1, 0.15) is 73.6 Å². The highest BCUT2D eigenvalue weighted by molar-refractivity contribution is 5.06. The molecule has 0 saturated carbocycles. The Morgan fingerprint density at radius 2 is 1.53 bits per heavy atom. The highest BCUT2D eigenvalue weighted by Gasteiger charge is 2.20. The van der Waals surface area contributed by atoms with Gasteiger partial charge in [-0.3, -0.25) is 0 Å². The first-order valence-electron chi connectivity index (χ1n) is 6.37. The van der Waals surface area contributed by atoms with Gasteiger partial charge in [0, 0.05) is 0 Å². The maximum Gasteiger partial charge on any atom is -0.0147 e. The van der Waals surface area contributed by atoms with Crippen molar-refractivity contribution in [2.75, 3.05) is 0 Å². The molecule has 0 N–H and O–H groups in total. The van der Waals surface area contributed by atoms with Crippen LogP contribution in [0, 0.1) is 10.8 Å². The van der Waals surface area contributed by atoms with Gasteiger partial charge in [-0.2, -0.15) is 0 Å². The lowest BCUT2D eigenvalue weighted by Gasteiger charge is -2.28. The second-order valence-electron chi connectivity index (χ2n) is 6.65. The molecule has 0 heterocycles. The molecule has 0 heteroatoms. The fourth-order valence-corrected chi connectivity index (χ4v) is 1.97. The van der Waals surface area contributed by atoms with Crippen molar-refractivity contribution in [2.24, 2.45) is 10.8 Å². The van der Waals surface area contributed by atoms with Crippen LogP contribution >= 0.6 is 0 Å². The fraction of sp³-hybridized carbons (Fsp3) is 0.867. The molecule has 0 aromatic rings. The minimum atomic E-state index is 0.340. The minimum absolute atomic E-state index is 0.340. The third-order valence-electron chi connectivity index (χ3n) is 3.24. The summed E-state index contributed by atoms with van der Waals surface area (Å²) >= 11 is 0. The average molecular weight is 210 g/mol. The standard InChI is InChI=1S/C15H30/c1-8-11-15(6,7)13(2)10-9-12-14(3,4)5/h2,8-12H2,1,3-7H3. The van der Waals surface area contributed by atoms with Crippen molar-refractivity contribution in [1.82, 2.24) is 0 Å². The largest absolute Gasteiger partial charge is 0.0993 e. The van der Waals surface area contributed by atoms with E-state index in [-0.39, 0.29) is 0 Å². The number of rotatable bonds is 6. The number of hydrogen-bond donors (Lipinski definition) is 0. The molecule has 0 aliphatic carbocycles. The van der Waals surface area contributed by atoms with Crippen LogP contribution in [0.4, 0.5) is 0 Å². The van der Waals surface area contributed by atoms with E-state index in [9.17, 15) is 0 Å². The molecule has 0 unspecified atom stereocenters. The summed E-state index contributed by atoms with van der Waals surface area (Å²) in [5, 5.41) is 0. The predicted molar refractivity (Wildman–Crippen MR) is 71.1 cm³/mol. The summed E-state index contributed by atoms with van der Waals surface area (Å²) in [5.41, 5.74) is 2.25. The zero-order valence-corrected chi connectivity index (χ0v) is 11.7. The van der Waals surface area contributed by atoms with Crippen LogP contribution in [0.3, 0.4) is 0 Å². The van der Waals surface area contributed by atoms with E-state index in [0.717, 1.165) is 0 Å². The van der Waals surface area contributed by atoms with E-state index in [1.807, 2.05) is 0 Å². The Kier molecular flexibility index (Phi) is 5.62. The summed E-state index contributed by atoms with van der Waals surface area (Å²) in [6.45, 7) is 18.1. The molecule has 0 spiro atoms. The summed E-state index contributed by atoms with van der Waals surface area (Å²) in [5.74, 6) is 0. The first-order chi connectivity index (χ1) is 6.69.